The van der Waals surface area contributed by atoms with Crippen LogP contribution >= 0.6 is 0 Å². The van der Waals surface area contributed by atoms with Crippen molar-refractivity contribution < 1.29 is 4.74 Å². The van der Waals surface area contributed by atoms with Gasteiger partial charge in [-0.2, -0.15) is 0 Å². The van der Waals surface area contributed by atoms with Gasteiger partial charge >= 0.3 is 0 Å². The standard InChI is InChI=1S/C18H21NO/c1-3-19-12-15-6-4-5-7-17(15)18(13-19)14-8-10-16(20-2)11-9-14/h4-11,18H,3,12-13H2,1-2H3. The summed E-state index contributed by atoms with van der Waals surface area (Å²) in [5.74, 6) is 1.39. The number of rotatable bonds is 3. The van der Waals surface area contributed by atoms with Gasteiger partial charge in [0.05, 0.1) is 7.11 Å². The summed E-state index contributed by atoms with van der Waals surface area (Å²) in [6.45, 7) is 5.50. The number of nitrogens with zero attached hydrogens (tertiary/aromatic N) is 1. The topological polar surface area (TPSA) is 12.5 Å². The van der Waals surface area contributed by atoms with Crippen molar-refractivity contribution in [1.29, 1.82) is 0 Å². The van der Waals surface area contributed by atoms with Crippen LogP contribution in [0.25, 0.3) is 0 Å². The Morgan fingerprint density at radius 1 is 1.10 bits per heavy atom. The zero-order valence-corrected chi connectivity index (χ0v) is 12.2. The van der Waals surface area contributed by atoms with Crippen molar-refractivity contribution in [1.82, 2.24) is 4.90 Å². The Bertz CT molecular complexity index is 576. The van der Waals surface area contributed by atoms with Gasteiger partial charge in [0.25, 0.3) is 0 Å². The van der Waals surface area contributed by atoms with E-state index in [9.17, 15) is 0 Å². The van der Waals surface area contributed by atoms with Crippen molar-refractivity contribution in [3.63, 3.8) is 0 Å². The highest BCUT2D eigenvalue weighted by atomic mass is 16.5. The minimum Gasteiger partial charge on any atom is -0.497 e. The van der Waals surface area contributed by atoms with Gasteiger partial charge in [-0.05, 0) is 35.4 Å². The van der Waals surface area contributed by atoms with E-state index in [1.54, 1.807) is 7.11 Å². The highest BCUT2D eigenvalue weighted by Crippen LogP contribution is 2.33. The molecule has 2 aromatic carbocycles. The second kappa shape index (κ2) is 5.68. The molecule has 0 saturated carbocycles. The molecule has 1 aliphatic heterocycles. The van der Waals surface area contributed by atoms with Crippen molar-refractivity contribution in [3.8, 4) is 5.75 Å². The van der Waals surface area contributed by atoms with Crippen LogP contribution < -0.4 is 4.74 Å². The predicted octanol–water partition coefficient (Wildman–Crippen LogP) is 3.66. The van der Waals surface area contributed by atoms with E-state index in [2.05, 4.69) is 60.4 Å². The molecular formula is C18H21NO. The Morgan fingerprint density at radius 3 is 2.55 bits per heavy atom. The Kier molecular flexibility index (Phi) is 3.75. The maximum Gasteiger partial charge on any atom is 0.118 e. The molecule has 0 aromatic heterocycles. The van der Waals surface area contributed by atoms with Crippen LogP contribution in [-0.4, -0.2) is 25.1 Å². The quantitative estimate of drug-likeness (QED) is 0.841. The molecule has 2 nitrogen and oxygen atoms in total. The van der Waals surface area contributed by atoms with Gasteiger partial charge in [-0.1, -0.05) is 43.3 Å². The summed E-state index contributed by atoms with van der Waals surface area (Å²) in [7, 11) is 1.71. The van der Waals surface area contributed by atoms with Crippen molar-refractivity contribution in [2.24, 2.45) is 0 Å². The van der Waals surface area contributed by atoms with Gasteiger partial charge < -0.3 is 4.74 Å². The number of hydrogen-bond donors (Lipinski definition) is 0. The maximum absolute atomic E-state index is 5.26. The zero-order chi connectivity index (χ0) is 13.9. The van der Waals surface area contributed by atoms with E-state index >= 15 is 0 Å². The number of likely N-dealkylation sites (N-methyl/N-ethyl adjacent to an activating group) is 1. The van der Waals surface area contributed by atoms with Crippen molar-refractivity contribution in [2.45, 2.75) is 19.4 Å². The van der Waals surface area contributed by atoms with Gasteiger partial charge in [0.15, 0.2) is 0 Å². The molecule has 0 radical (unpaired) electrons. The van der Waals surface area contributed by atoms with Crippen LogP contribution in [0, 0.1) is 0 Å². The summed E-state index contributed by atoms with van der Waals surface area (Å²) in [6, 6.07) is 17.3. The van der Waals surface area contributed by atoms with E-state index in [4.69, 9.17) is 4.74 Å². The van der Waals surface area contributed by atoms with E-state index in [0.29, 0.717) is 5.92 Å². The van der Waals surface area contributed by atoms with E-state index < -0.39 is 0 Å². The summed E-state index contributed by atoms with van der Waals surface area (Å²) in [6.07, 6.45) is 0. The number of fused-ring (bicyclic) bond motifs is 1. The molecule has 1 heterocycles. The zero-order valence-electron chi connectivity index (χ0n) is 12.2. The minimum atomic E-state index is 0.464. The first kappa shape index (κ1) is 13.2. The molecule has 20 heavy (non-hydrogen) atoms. The van der Waals surface area contributed by atoms with Crippen LogP contribution in [-0.2, 0) is 6.54 Å². The third kappa shape index (κ3) is 2.44. The molecule has 0 saturated heterocycles. The molecule has 2 heteroatoms. The molecule has 1 unspecified atom stereocenters. The van der Waals surface area contributed by atoms with Crippen LogP contribution in [0.4, 0.5) is 0 Å². The SMILES string of the molecule is CCN1Cc2ccccc2C(c2ccc(OC)cc2)C1. The third-order valence-electron chi connectivity index (χ3n) is 4.23. The van der Waals surface area contributed by atoms with E-state index in [1.807, 2.05) is 0 Å². The first-order valence-electron chi connectivity index (χ1n) is 7.26. The number of hydrogen-bond acceptors (Lipinski definition) is 2. The lowest BCUT2D eigenvalue weighted by Crippen LogP contribution is -2.33. The van der Waals surface area contributed by atoms with Crippen molar-refractivity contribution in [3.05, 3.63) is 65.2 Å². The fraction of sp³-hybridized carbons (Fsp3) is 0.333. The molecule has 3 rings (SSSR count). The van der Waals surface area contributed by atoms with Crippen LogP contribution in [0.3, 0.4) is 0 Å². The second-order valence-electron chi connectivity index (χ2n) is 5.35. The van der Waals surface area contributed by atoms with Gasteiger partial charge in [0.2, 0.25) is 0 Å². The summed E-state index contributed by atoms with van der Waals surface area (Å²) in [5.41, 5.74) is 4.31. The Morgan fingerprint density at radius 2 is 1.85 bits per heavy atom. The number of benzene rings is 2. The van der Waals surface area contributed by atoms with Crippen LogP contribution in [0.15, 0.2) is 48.5 Å². The summed E-state index contributed by atoms with van der Waals surface area (Å²) < 4.78 is 5.26. The van der Waals surface area contributed by atoms with Gasteiger partial charge in [0, 0.05) is 19.0 Å². The normalized spacial score (nSPS) is 18.6. The molecule has 0 aliphatic carbocycles. The first-order chi connectivity index (χ1) is 9.81. The Hall–Kier alpha value is -1.80. The highest BCUT2D eigenvalue weighted by molar-refractivity contribution is 5.41. The fourth-order valence-electron chi connectivity index (χ4n) is 3.04. The summed E-state index contributed by atoms with van der Waals surface area (Å²) in [5, 5.41) is 0. The lowest BCUT2D eigenvalue weighted by Gasteiger charge is -2.34. The molecule has 0 N–H and O–H groups in total. The highest BCUT2D eigenvalue weighted by Gasteiger charge is 2.25. The predicted molar refractivity (Wildman–Crippen MR) is 82.2 cm³/mol. The second-order valence-corrected chi connectivity index (χ2v) is 5.35. The Balaban J connectivity index is 1.98. The molecular weight excluding hydrogens is 246 g/mol. The first-order valence-corrected chi connectivity index (χ1v) is 7.26. The Labute approximate surface area is 121 Å². The minimum absolute atomic E-state index is 0.464. The molecule has 0 fully saturated rings. The van der Waals surface area contributed by atoms with Gasteiger partial charge in [-0.15, -0.1) is 0 Å². The van der Waals surface area contributed by atoms with Gasteiger partial charge in [-0.25, -0.2) is 0 Å². The molecule has 0 bridgehead atoms. The monoisotopic (exact) mass is 267 g/mol. The average Bonchev–Trinajstić information content (AvgIpc) is 2.54. The largest absolute Gasteiger partial charge is 0.497 e. The molecule has 0 amide bonds. The van der Waals surface area contributed by atoms with Crippen LogP contribution in [0.1, 0.15) is 29.5 Å². The van der Waals surface area contributed by atoms with E-state index in [1.165, 1.54) is 16.7 Å². The van der Waals surface area contributed by atoms with Crippen molar-refractivity contribution >= 4 is 0 Å². The van der Waals surface area contributed by atoms with Crippen LogP contribution in [0.5, 0.6) is 5.75 Å². The van der Waals surface area contributed by atoms with E-state index in [-0.39, 0.29) is 0 Å². The van der Waals surface area contributed by atoms with Gasteiger partial charge in [-0.3, -0.25) is 4.90 Å². The smallest absolute Gasteiger partial charge is 0.118 e. The molecule has 2 aromatic rings. The lowest BCUT2D eigenvalue weighted by molar-refractivity contribution is 0.253. The van der Waals surface area contributed by atoms with Crippen molar-refractivity contribution in [2.75, 3.05) is 20.2 Å². The molecule has 0 spiro atoms. The van der Waals surface area contributed by atoms with Gasteiger partial charge in [0.1, 0.15) is 5.75 Å². The lowest BCUT2D eigenvalue weighted by atomic mass is 9.84. The summed E-state index contributed by atoms with van der Waals surface area (Å²) in [4.78, 5) is 2.51. The van der Waals surface area contributed by atoms with Crippen LogP contribution in [0.2, 0.25) is 0 Å². The van der Waals surface area contributed by atoms with E-state index in [0.717, 1.165) is 25.4 Å². The average molecular weight is 267 g/mol. The molecule has 1 atom stereocenters. The molecule has 1 aliphatic rings. The third-order valence-corrected chi connectivity index (χ3v) is 4.23. The summed E-state index contributed by atoms with van der Waals surface area (Å²) >= 11 is 0. The maximum atomic E-state index is 5.26. The fourth-order valence-corrected chi connectivity index (χ4v) is 3.04. The molecule has 104 valence electrons. The number of methoxy groups -OCH3 is 1. The number of ether oxygens (including phenoxy) is 1.